The summed E-state index contributed by atoms with van der Waals surface area (Å²) in [6, 6.07) is 0.657. The first kappa shape index (κ1) is 12.3. The van der Waals surface area contributed by atoms with Gasteiger partial charge in [-0.2, -0.15) is 0 Å². The Bertz CT molecular complexity index is 208. The molecule has 0 aromatic rings. The van der Waals surface area contributed by atoms with Gasteiger partial charge in [0.25, 0.3) is 0 Å². The van der Waals surface area contributed by atoms with Crippen LogP contribution < -0.4 is 5.32 Å². The Morgan fingerprint density at radius 3 is 2.62 bits per heavy atom. The van der Waals surface area contributed by atoms with E-state index in [1.165, 1.54) is 19.3 Å². The third-order valence-corrected chi connectivity index (χ3v) is 4.39. The zero-order valence-electron chi connectivity index (χ0n) is 10.4. The molecule has 0 radical (unpaired) electrons. The van der Waals surface area contributed by atoms with Crippen molar-refractivity contribution < 1.29 is 9.84 Å². The Balaban J connectivity index is 1.95. The molecule has 1 saturated carbocycles. The second kappa shape index (κ2) is 5.48. The second-order valence-corrected chi connectivity index (χ2v) is 5.53. The third-order valence-electron chi connectivity index (χ3n) is 4.39. The fourth-order valence-corrected chi connectivity index (χ4v) is 3.20. The molecule has 1 saturated heterocycles. The van der Waals surface area contributed by atoms with Crippen LogP contribution in [0.3, 0.4) is 0 Å². The summed E-state index contributed by atoms with van der Waals surface area (Å²) in [7, 11) is 0. The molecule has 1 aliphatic carbocycles. The van der Waals surface area contributed by atoms with E-state index in [1.807, 2.05) is 0 Å². The van der Waals surface area contributed by atoms with Gasteiger partial charge in [-0.1, -0.05) is 13.3 Å². The predicted molar refractivity (Wildman–Crippen MR) is 64.4 cm³/mol. The number of hydrogen-bond donors (Lipinski definition) is 2. The maximum Gasteiger partial charge on any atom is 0.0483 e. The lowest BCUT2D eigenvalue weighted by Gasteiger charge is -2.41. The van der Waals surface area contributed by atoms with E-state index in [-0.39, 0.29) is 12.1 Å². The number of hydrogen-bond acceptors (Lipinski definition) is 3. The molecule has 94 valence electrons. The van der Waals surface area contributed by atoms with Crippen LogP contribution in [0.2, 0.25) is 0 Å². The van der Waals surface area contributed by atoms with Gasteiger partial charge in [0.15, 0.2) is 0 Å². The minimum Gasteiger partial charge on any atom is -0.396 e. The molecule has 2 N–H and O–H groups in total. The Morgan fingerprint density at radius 2 is 2.06 bits per heavy atom. The molecule has 1 heterocycles. The van der Waals surface area contributed by atoms with Crippen LogP contribution in [0.4, 0.5) is 0 Å². The van der Waals surface area contributed by atoms with E-state index in [0.29, 0.717) is 6.04 Å². The first-order chi connectivity index (χ1) is 7.76. The van der Waals surface area contributed by atoms with Gasteiger partial charge in [0.1, 0.15) is 0 Å². The van der Waals surface area contributed by atoms with Crippen molar-refractivity contribution in [3.63, 3.8) is 0 Å². The maximum atomic E-state index is 9.24. The summed E-state index contributed by atoms with van der Waals surface area (Å²) in [5.74, 6) is 0.790. The van der Waals surface area contributed by atoms with Crippen molar-refractivity contribution in [1.82, 2.24) is 5.32 Å². The summed E-state index contributed by atoms with van der Waals surface area (Å²) in [5, 5.41) is 13.1. The Hall–Kier alpha value is -0.120. The number of ether oxygens (including phenoxy) is 1. The smallest absolute Gasteiger partial charge is 0.0483 e. The summed E-state index contributed by atoms with van der Waals surface area (Å²) >= 11 is 0. The molecular formula is C13H25NO2. The molecule has 2 fully saturated rings. The van der Waals surface area contributed by atoms with Crippen LogP contribution in [-0.2, 0) is 4.74 Å². The van der Waals surface area contributed by atoms with Crippen molar-refractivity contribution in [1.29, 1.82) is 0 Å². The van der Waals surface area contributed by atoms with E-state index in [4.69, 9.17) is 4.74 Å². The quantitative estimate of drug-likeness (QED) is 0.768. The predicted octanol–water partition coefficient (Wildman–Crippen LogP) is 1.70. The Morgan fingerprint density at radius 1 is 1.31 bits per heavy atom. The van der Waals surface area contributed by atoms with Crippen molar-refractivity contribution in [2.75, 3.05) is 19.8 Å². The van der Waals surface area contributed by atoms with E-state index >= 15 is 0 Å². The first-order valence-electron chi connectivity index (χ1n) is 6.72. The number of aliphatic hydroxyl groups is 1. The highest BCUT2D eigenvalue weighted by atomic mass is 16.5. The van der Waals surface area contributed by atoms with Gasteiger partial charge in [-0.05, 0) is 38.0 Å². The fraction of sp³-hybridized carbons (Fsp3) is 1.00. The van der Waals surface area contributed by atoms with Crippen LogP contribution in [0.5, 0.6) is 0 Å². The van der Waals surface area contributed by atoms with E-state index in [2.05, 4.69) is 12.2 Å². The molecule has 0 amide bonds. The lowest BCUT2D eigenvalue weighted by Crippen LogP contribution is -2.54. The normalized spacial score (nSPS) is 34.1. The van der Waals surface area contributed by atoms with E-state index in [1.54, 1.807) is 0 Å². The van der Waals surface area contributed by atoms with E-state index in [9.17, 15) is 5.11 Å². The minimum atomic E-state index is 0.149. The first-order valence-corrected chi connectivity index (χ1v) is 6.72. The molecular weight excluding hydrogens is 202 g/mol. The van der Waals surface area contributed by atoms with Crippen LogP contribution in [0, 0.1) is 5.92 Å². The summed E-state index contributed by atoms with van der Waals surface area (Å²) < 4.78 is 5.44. The highest BCUT2D eigenvalue weighted by Crippen LogP contribution is 2.31. The zero-order chi connectivity index (χ0) is 11.4. The molecule has 0 bridgehead atoms. The average Bonchev–Trinajstić information content (AvgIpc) is 2.66. The molecule has 16 heavy (non-hydrogen) atoms. The number of aliphatic hydroxyl groups excluding tert-OH is 1. The molecule has 0 spiro atoms. The van der Waals surface area contributed by atoms with Crippen LogP contribution in [-0.4, -0.2) is 36.5 Å². The van der Waals surface area contributed by atoms with Crippen molar-refractivity contribution in [2.24, 2.45) is 5.92 Å². The summed E-state index contributed by atoms with van der Waals surface area (Å²) in [5.41, 5.74) is 0.149. The highest BCUT2D eigenvalue weighted by Gasteiger charge is 2.36. The van der Waals surface area contributed by atoms with Crippen LogP contribution in [0.1, 0.15) is 45.4 Å². The van der Waals surface area contributed by atoms with Gasteiger partial charge in [0, 0.05) is 31.4 Å². The van der Waals surface area contributed by atoms with E-state index in [0.717, 1.165) is 38.4 Å². The SMILES string of the molecule is CC1CCCC1NC1(CCO)CCOCC1. The molecule has 3 nitrogen and oxygen atoms in total. The number of rotatable bonds is 4. The fourth-order valence-electron chi connectivity index (χ4n) is 3.20. The van der Waals surface area contributed by atoms with Gasteiger partial charge in [-0.15, -0.1) is 0 Å². The molecule has 0 aromatic carbocycles. The second-order valence-electron chi connectivity index (χ2n) is 5.53. The topological polar surface area (TPSA) is 41.5 Å². The maximum absolute atomic E-state index is 9.24. The Kier molecular flexibility index (Phi) is 4.22. The van der Waals surface area contributed by atoms with Crippen LogP contribution >= 0.6 is 0 Å². The lowest BCUT2D eigenvalue weighted by atomic mass is 9.85. The Labute approximate surface area is 98.6 Å². The zero-order valence-corrected chi connectivity index (χ0v) is 10.4. The van der Waals surface area contributed by atoms with Gasteiger partial charge < -0.3 is 15.2 Å². The number of nitrogens with one attached hydrogen (secondary N) is 1. The third kappa shape index (κ3) is 2.76. The molecule has 3 heteroatoms. The monoisotopic (exact) mass is 227 g/mol. The molecule has 2 aliphatic rings. The van der Waals surface area contributed by atoms with Crippen molar-refractivity contribution in [3.05, 3.63) is 0 Å². The van der Waals surface area contributed by atoms with Gasteiger partial charge in [-0.25, -0.2) is 0 Å². The highest BCUT2D eigenvalue weighted by molar-refractivity contribution is 4.95. The molecule has 2 atom stereocenters. The van der Waals surface area contributed by atoms with Gasteiger partial charge in [-0.3, -0.25) is 0 Å². The average molecular weight is 227 g/mol. The summed E-state index contributed by atoms with van der Waals surface area (Å²) in [6.07, 6.45) is 6.98. The van der Waals surface area contributed by atoms with Gasteiger partial charge >= 0.3 is 0 Å². The molecule has 1 aliphatic heterocycles. The molecule has 2 rings (SSSR count). The van der Waals surface area contributed by atoms with Crippen molar-refractivity contribution >= 4 is 0 Å². The minimum absolute atomic E-state index is 0.149. The standard InChI is InChI=1S/C13H25NO2/c1-11-3-2-4-12(11)14-13(5-8-15)6-9-16-10-7-13/h11-12,14-15H,2-10H2,1H3. The molecule has 0 aromatic heterocycles. The van der Waals surface area contributed by atoms with Gasteiger partial charge in [0.05, 0.1) is 0 Å². The van der Waals surface area contributed by atoms with Crippen LogP contribution in [0.15, 0.2) is 0 Å². The largest absolute Gasteiger partial charge is 0.396 e. The summed E-state index contributed by atoms with van der Waals surface area (Å²) in [6.45, 7) is 4.31. The van der Waals surface area contributed by atoms with Crippen LogP contribution in [0.25, 0.3) is 0 Å². The van der Waals surface area contributed by atoms with Crippen molar-refractivity contribution in [3.8, 4) is 0 Å². The lowest BCUT2D eigenvalue weighted by molar-refractivity contribution is 0.0204. The molecule has 2 unspecified atom stereocenters. The van der Waals surface area contributed by atoms with Crippen molar-refractivity contribution in [2.45, 2.75) is 57.0 Å². The van der Waals surface area contributed by atoms with E-state index < -0.39 is 0 Å². The summed E-state index contributed by atoms with van der Waals surface area (Å²) in [4.78, 5) is 0. The van der Waals surface area contributed by atoms with Gasteiger partial charge in [0.2, 0.25) is 0 Å².